The van der Waals surface area contributed by atoms with Crippen LogP contribution in [0.25, 0.3) is 0 Å². The number of ether oxygens (including phenoxy) is 3. The number of nitrogens with one attached hydrogen (secondary N) is 1. The molecule has 0 aromatic heterocycles. The van der Waals surface area contributed by atoms with Crippen molar-refractivity contribution in [1.82, 2.24) is 20.0 Å². The molecule has 4 aliphatic rings. The van der Waals surface area contributed by atoms with E-state index >= 15 is 0 Å². The molecule has 6 rings (SSSR count). The summed E-state index contributed by atoms with van der Waals surface area (Å²) in [5, 5.41) is 2.21. The summed E-state index contributed by atoms with van der Waals surface area (Å²) in [7, 11) is -6.63. The minimum absolute atomic E-state index is 0.0102. The molecule has 7 amide bonds. The lowest BCUT2D eigenvalue weighted by Crippen LogP contribution is -2.41. The van der Waals surface area contributed by atoms with Gasteiger partial charge in [-0.2, -0.15) is 4.90 Å². The van der Waals surface area contributed by atoms with Gasteiger partial charge in [-0.15, -0.1) is 0 Å². The number of rotatable bonds is 24. The Hall–Kier alpha value is -4.85. The Balaban J connectivity index is 0.000000256. The standard InChI is InChI=1S/C26H37FN2O7S.C21H29FN2O5S/c1-18(20-10-11-21(27)22(14-20)35-16-19-8-9-19)17-37(33,34)13-7-5-6-12-28-15-23(30)29(24(28)31)25(32)36-26(2,3)4;1-15(17-7-8-18(22)19(11-17)29-13-16-5-6-16)14-30(27,28)10-4-2-3-9-24-12-20(25)23-21(24)26/h10-11,14,18-19H,5-9,12-13,15-17H2,1-4H3;7-8,11,15-16H,2-6,9-10,12-14H2,1H3,(H,23,25,26)/t18-;15-/m00/s1. The molecule has 0 bridgehead atoms. The number of benzene rings is 2. The zero-order chi connectivity index (χ0) is 49.1. The van der Waals surface area contributed by atoms with E-state index in [0.717, 1.165) is 31.2 Å². The smallest absolute Gasteiger partial charge is 0.425 e. The first-order valence-electron chi connectivity index (χ1n) is 23.2. The molecule has 2 atom stereocenters. The molecule has 2 aromatic rings. The number of nitrogens with zero attached hydrogens (tertiary/aromatic N) is 3. The maximum atomic E-state index is 14.1. The average Bonchev–Trinajstić information content (AvgIpc) is 4.17. The fraction of sp³-hybridized carbons (Fsp3) is 0.638. The van der Waals surface area contributed by atoms with E-state index in [1.165, 1.54) is 21.9 Å². The number of urea groups is 2. The number of hydrogen-bond acceptors (Lipinski definition) is 12. The van der Waals surface area contributed by atoms with Crippen LogP contribution in [0, 0.1) is 23.5 Å². The summed E-state index contributed by atoms with van der Waals surface area (Å²) in [4.78, 5) is 62.5. The molecule has 2 heterocycles. The number of unbranched alkanes of at least 4 members (excludes halogenated alkanes) is 4. The van der Waals surface area contributed by atoms with Crippen LogP contribution in [-0.2, 0) is 34.0 Å². The molecule has 2 saturated carbocycles. The second-order valence-corrected chi connectivity index (χ2v) is 23.7. The highest BCUT2D eigenvalue weighted by Crippen LogP contribution is 2.33. The average molecular weight is 981 g/mol. The predicted molar refractivity (Wildman–Crippen MR) is 246 cm³/mol. The minimum atomic E-state index is -3.36. The van der Waals surface area contributed by atoms with Crippen LogP contribution in [0.1, 0.15) is 122 Å². The molecule has 0 radical (unpaired) electrons. The maximum Gasteiger partial charge on any atom is 0.425 e. The van der Waals surface area contributed by atoms with Crippen molar-refractivity contribution < 1.29 is 63.8 Å². The second kappa shape index (κ2) is 23.4. The fourth-order valence-corrected chi connectivity index (χ4v) is 11.0. The Morgan fingerprint density at radius 3 is 1.58 bits per heavy atom. The first-order valence-corrected chi connectivity index (χ1v) is 26.8. The summed E-state index contributed by atoms with van der Waals surface area (Å²) in [5.41, 5.74) is 0.620. The SMILES string of the molecule is C[C@@H](CS(=O)(=O)CCCCCN1CC(=O)N(C(=O)OC(C)(C)C)C1=O)c1ccc(F)c(OCC2CC2)c1.C[C@@H](CS(=O)(=O)CCCCCN1CC(=O)NC1=O)c1ccc(F)c(OCC2CC2)c1. The minimum Gasteiger partial charge on any atom is -0.490 e. The number of sulfone groups is 2. The summed E-state index contributed by atoms with van der Waals surface area (Å²) in [5.74, 6) is -1.10. The van der Waals surface area contributed by atoms with Gasteiger partial charge in [0.25, 0.3) is 5.91 Å². The largest absolute Gasteiger partial charge is 0.490 e. The van der Waals surface area contributed by atoms with E-state index in [9.17, 15) is 49.6 Å². The third kappa shape index (κ3) is 17.6. The third-order valence-corrected chi connectivity index (χ3v) is 15.5. The zero-order valence-electron chi connectivity index (χ0n) is 39.2. The third-order valence-electron chi connectivity index (χ3n) is 11.6. The summed E-state index contributed by atoms with van der Waals surface area (Å²) in [6.07, 6.45) is 6.63. The van der Waals surface area contributed by atoms with Crippen LogP contribution in [0.4, 0.5) is 23.2 Å². The Labute approximate surface area is 393 Å². The number of imide groups is 4. The van der Waals surface area contributed by atoms with E-state index in [4.69, 9.17) is 14.2 Å². The predicted octanol–water partition coefficient (Wildman–Crippen LogP) is 7.36. The van der Waals surface area contributed by atoms with Gasteiger partial charge in [-0.25, -0.2) is 40.0 Å². The Morgan fingerprint density at radius 1 is 0.701 bits per heavy atom. The quantitative estimate of drug-likeness (QED) is 0.0810. The molecule has 0 unspecified atom stereocenters. The van der Waals surface area contributed by atoms with E-state index in [1.54, 1.807) is 52.0 Å². The van der Waals surface area contributed by atoms with Crippen molar-refractivity contribution in [3.05, 3.63) is 59.2 Å². The number of carbonyl (C=O) groups excluding carboxylic acids is 5. The number of carbonyl (C=O) groups is 5. The maximum absolute atomic E-state index is 14.1. The molecule has 16 nitrogen and oxygen atoms in total. The van der Waals surface area contributed by atoms with E-state index < -0.39 is 54.9 Å². The summed E-state index contributed by atoms with van der Waals surface area (Å²) in [6, 6.07) is 7.94. The fourth-order valence-electron chi connectivity index (χ4n) is 7.46. The lowest BCUT2D eigenvalue weighted by Gasteiger charge is -2.22. The van der Waals surface area contributed by atoms with Gasteiger partial charge in [-0.1, -0.05) is 38.8 Å². The first-order chi connectivity index (χ1) is 31.5. The van der Waals surface area contributed by atoms with Crippen molar-refractivity contribution in [3.63, 3.8) is 0 Å². The Kier molecular flexibility index (Phi) is 18.6. The van der Waals surface area contributed by atoms with Crippen LogP contribution in [0.3, 0.4) is 0 Å². The van der Waals surface area contributed by atoms with E-state index in [2.05, 4.69) is 5.32 Å². The summed E-state index contributed by atoms with van der Waals surface area (Å²) in [6.45, 7) is 10.0. The van der Waals surface area contributed by atoms with Gasteiger partial charge in [0.05, 0.1) is 36.2 Å². The van der Waals surface area contributed by atoms with Gasteiger partial charge >= 0.3 is 18.2 Å². The van der Waals surface area contributed by atoms with Gasteiger partial charge in [0.15, 0.2) is 42.8 Å². The van der Waals surface area contributed by atoms with Crippen LogP contribution >= 0.6 is 0 Å². The molecule has 2 aromatic carbocycles. The highest BCUT2D eigenvalue weighted by molar-refractivity contribution is 7.91. The summed E-state index contributed by atoms with van der Waals surface area (Å²) < 4.78 is 94.5. The lowest BCUT2D eigenvalue weighted by atomic mass is 10.0. The molecule has 4 fully saturated rings. The van der Waals surface area contributed by atoms with Gasteiger partial charge in [-0.05, 0) is 131 Å². The van der Waals surface area contributed by atoms with Crippen LogP contribution in [0.15, 0.2) is 36.4 Å². The molecule has 2 saturated heterocycles. The highest BCUT2D eigenvalue weighted by Gasteiger charge is 2.42. The molecule has 372 valence electrons. The molecule has 2 aliphatic heterocycles. The summed E-state index contributed by atoms with van der Waals surface area (Å²) >= 11 is 0. The second-order valence-electron chi connectivity index (χ2n) is 19.2. The van der Waals surface area contributed by atoms with Gasteiger partial charge in [0.1, 0.15) is 18.7 Å². The molecular formula is C47H66F2N4O12S2. The molecule has 20 heteroatoms. The number of halogens is 2. The van der Waals surface area contributed by atoms with Crippen molar-refractivity contribution in [1.29, 1.82) is 0 Å². The van der Waals surface area contributed by atoms with Crippen molar-refractivity contribution in [3.8, 4) is 11.5 Å². The van der Waals surface area contributed by atoms with Crippen molar-refractivity contribution in [2.75, 3.05) is 62.4 Å². The van der Waals surface area contributed by atoms with Crippen molar-refractivity contribution >= 4 is 49.6 Å². The normalized spacial score (nSPS) is 17.6. The molecule has 0 spiro atoms. The van der Waals surface area contributed by atoms with Crippen molar-refractivity contribution in [2.24, 2.45) is 11.8 Å². The monoisotopic (exact) mass is 980 g/mol. The topological polar surface area (TPSA) is 203 Å². The Bertz CT molecular complexity index is 2320. The van der Waals surface area contributed by atoms with E-state index in [-0.39, 0.29) is 77.9 Å². The van der Waals surface area contributed by atoms with Crippen LogP contribution < -0.4 is 14.8 Å². The van der Waals surface area contributed by atoms with Gasteiger partial charge in [-0.3, -0.25) is 14.9 Å². The number of hydrogen-bond donors (Lipinski definition) is 1. The zero-order valence-corrected chi connectivity index (χ0v) is 40.9. The van der Waals surface area contributed by atoms with E-state index in [0.29, 0.717) is 80.6 Å². The van der Waals surface area contributed by atoms with Crippen molar-refractivity contribution in [2.45, 2.75) is 116 Å². The van der Waals surface area contributed by atoms with Crippen LogP contribution in [0.5, 0.6) is 11.5 Å². The highest BCUT2D eigenvalue weighted by atomic mass is 32.2. The van der Waals surface area contributed by atoms with Crippen LogP contribution in [-0.4, -0.2) is 130 Å². The molecule has 1 N–H and O–H groups in total. The van der Waals surface area contributed by atoms with Gasteiger partial charge < -0.3 is 24.0 Å². The molecular weight excluding hydrogens is 915 g/mol. The lowest BCUT2D eigenvalue weighted by molar-refractivity contribution is -0.124. The Morgan fingerprint density at radius 2 is 1.16 bits per heavy atom. The van der Waals surface area contributed by atoms with Gasteiger partial charge in [0, 0.05) is 13.1 Å². The molecule has 2 aliphatic carbocycles. The van der Waals surface area contributed by atoms with Gasteiger partial charge in [0.2, 0.25) is 5.91 Å². The first kappa shape index (κ1) is 53.1. The van der Waals surface area contributed by atoms with Crippen LogP contribution in [0.2, 0.25) is 0 Å². The number of amides is 7. The van der Waals surface area contributed by atoms with E-state index in [1.807, 2.05) is 6.92 Å². The molecule has 67 heavy (non-hydrogen) atoms.